The van der Waals surface area contributed by atoms with E-state index in [1.54, 1.807) is 0 Å². The van der Waals surface area contributed by atoms with E-state index in [0.717, 1.165) is 11.4 Å². The predicted octanol–water partition coefficient (Wildman–Crippen LogP) is 2.69. The molecule has 1 heterocycles. The fraction of sp³-hybridized carbons (Fsp3) is 0.368. The highest BCUT2D eigenvalue weighted by molar-refractivity contribution is 6.37. The number of halogens is 2. The van der Waals surface area contributed by atoms with Crippen molar-refractivity contribution >= 4 is 47.2 Å². The van der Waals surface area contributed by atoms with Crippen molar-refractivity contribution in [3.8, 4) is 5.75 Å². The van der Waals surface area contributed by atoms with Gasteiger partial charge in [-0.15, -0.1) is 0 Å². The smallest absolute Gasteiger partial charge is 0.343 e. The second-order valence-electron chi connectivity index (χ2n) is 6.91. The van der Waals surface area contributed by atoms with Gasteiger partial charge in [0.05, 0.1) is 35.2 Å². The number of ether oxygens (including phenoxy) is 2. The summed E-state index contributed by atoms with van der Waals surface area (Å²) in [6.07, 6.45) is 6.27. The summed E-state index contributed by atoms with van der Waals surface area (Å²) in [6, 6.07) is 3.03. The highest BCUT2D eigenvalue weighted by atomic mass is 35.5. The molecule has 0 aromatic heterocycles. The van der Waals surface area contributed by atoms with Crippen molar-refractivity contribution in [3.05, 3.63) is 39.9 Å². The van der Waals surface area contributed by atoms with Gasteiger partial charge in [-0.1, -0.05) is 35.4 Å². The molecule has 146 valence electrons. The number of rotatable bonds is 5. The number of benzene rings is 1. The maximum Gasteiger partial charge on any atom is 0.343 e. The third-order valence-electron chi connectivity index (χ3n) is 5.35. The van der Waals surface area contributed by atoms with E-state index in [1.807, 2.05) is 12.2 Å². The van der Waals surface area contributed by atoms with E-state index < -0.39 is 5.97 Å². The van der Waals surface area contributed by atoms with Gasteiger partial charge in [0.2, 0.25) is 0 Å². The molecule has 1 saturated carbocycles. The van der Waals surface area contributed by atoms with E-state index >= 15 is 0 Å². The summed E-state index contributed by atoms with van der Waals surface area (Å²) in [5.41, 5.74) is 0.485. The lowest BCUT2D eigenvalue weighted by Crippen LogP contribution is -2.28. The van der Waals surface area contributed by atoms with Crippen molar-refractivity contribution < 1.29 is 23.9 Å². The Labute approximate surface area is 170 Å². The Morgan fingerprint density at radius 2 is 1.75 bits per heavy atom. The van der Waals surface area contributed by atoms with Crippen LogP contribution in [0.15, 0.2) is 29.4 Å². The van der Waals surface area contributed by atoms with Gasteiger partial charge < -0.3 is 9.47 Å². The largest absolute Gasteiger partial charge is 0.479 e. The topological polar surface area (TPSA) is 85.3 Å². The SMILES string of the molecule is COC(=O)COc1c(Cl)cc(C=NN2C(=O)[C@@H]3[C@H](C2=O)[C@H]2C=C[C@H]3C2)cc1Cl. The first-order chi connectivity index (χ1) is 13.4. The van der Waals surface area contributed by atoms with Gasteiger partial charge in [0, 0.05) is 0 Å². The van der Waals surface area contributed by atoms with Crippen LogP contribution < -0.4 is 4.74 Å². The number of allylic oxidation sites excluding steroid dienone is 2. The molecule has 0 spiro atoms. The Bertz CT molecular complexity index is 876. The van der Waals surface area contributed by atoms with E-state index in [0.29, 0.717) is 5.56 Å². The van der Waals surface area contributed by atoms with Crippen LogP contribution in [0, 0.1) is 23.7 Å². The Hall–Kier alpha value is -2.38. The van der Waals surface area contributed by atoms with Crippen LogP contribution in [0.1, 0.15) is 12.0 Å². The van der Waals surface area contributed by atoms with E-state index in [-0.39, 0.29) is 57.9 Å². The lowest BCUT2D eigenvalue weighted by molar-refractivity contribution is -0.143. The molecule has 4 atom stereocenters. The summed E-state index contributed by atoms with van der Waals surface area (Å²) < 4.78 is 9.76. The molecule has 1 aromatic carbocycles. The molecule has 1 aliphatic heterocycles. The van der Waals surface area contributed by atoms with Crippen LogP contribution in [-0.2, 0) is 19.1 Å². The molecule has 4 rings (SSSR count). The molecule has 7 nitrogen and oxygen atoms in total. The molecule has 9 heteroatoms. The van der Waals surface area contributed by atoms with Gasteiger partial charge in [-0.05, 0) is 36.0 Å². The molecule has 2 fully saturated rings. The standard InChI is InChI=1S/C19H16Cl2N2O5/c1-27-14(24)8-28-17-12(20)4-9(5-13(17)21)7-22-23-18(25)15-10-2-3-11(6-10)16(15)19(23)26/h2-5,7,10-11,15-16H,6,8H2,1H3/t10-,11-,15-,16+/m0/s1. The number of hydrazone groups is 1. The minimum Gasteiger partial charge on any atom is -0.479 e. The third kappa shape index (κ3) is 3.08. The minimum atomic E-state index is -0.571. The number of carbonyl (C=O) groups excluding carboxylic acids is 3. The van der Waals surface area contributed by atoms with Crippen molar-refractivity contribution in [1.29, 1.82) is 0 Å². The van der Waals surface area contributed by atoms with Gasteiger partial charge in [-0.2, -0.15) is 10.1 Å². The maximum atomic E-state index is 12.6. The van der Waals surface area contributed by atoms with Crippen LogP contribution >= 0.6 is 23.2 Å². The number of esters is 1. The Morgan fingerprint density at radius 3 is 2.29 bits per heavy atom. The molecular weight excluding hydrogens is 407 g/mol. The number of nitrogens with zero attached hydrogens (tertiary/aromatic N) is 2. The number of carbonyl (C=O) groups is 3. The van der Waals surface area contributed by atoms with E-state index in [1.165, 1.54) is 25.5 Å². The van der Waals surface area contributed by atoms with Crippen molar-refractivity contribution in [2.75, 3.05) is 13.7 Å². The number of fused-ring (bicyclic) bond motifs is 5. The summed E-state index contributed by atoms with van der Waals surface area (Å²) in [5.74, 6) is -1.32. The zero-order valence-electron chi connectivity index (χ0n) is 14.8. The first-order valence-electron chi connectivity index (χ1n) is 8.69. The van der Waals surface area contributed by atoms with E-state index in [4.69, 9.17) is 27.9 Å². The summed E-state index contributed by atoms with van der Waals surface area (Å²) in [6.45, 7) is -0.334. The van der Waals surface area contributed by atoms with Crippen molar-refractivity contribution in [2.45, 2.75) is 6.42 Å². The van der Waals surface area contributed by atoms with Crippen LogP contribution in [0.5, 0.6) is 5.75 Å². The molecule has 2 aliphatic carbocycles. The number of methoxy groups -OCH3 is 1. The normalized spacial score (nSPS) is 27.8. The van der Waals surface area contributed by atoms with Crippen LogP contribution in [0.4, 0.5) is 0 Å². The second kappa shape index (κ2) is 7.22. The minimum absolute atomic E-state index is 0.127. The summed E-state index contributed by atoms with van der Waals surface area (Å²) in [5, 5.41) is 5.36. The fourth-order valence-electron chi connectivity index (χ4n) is 4.11. The molecule has 2 amide bonds. The van der Waals surface area contributed by atoms with Crippen LogP contribution in [0.25, 0.3) is 0 Å². The van der Waals surface area contributed by atoms with E-state index in [2.05, 4.69) is 9.84 Å². The van der Waals surface area contributed by atoms with Gasteiger partial charge in [0.25, 0.3) is 11.8 Å². The highest BCUT2D eigenvalue weighted by Crippen LogP contribution is 2.52. The average Bonchev–Trinajstić information content (AvgIpc) is 3.34. The summed E-state index contributed by atoms with van der Waals surface area (Å²) in [7, 11) is 1.24. The average molecular weight is 423 g/mol. The maximum absolute atomic E-state index is 12.6. The van der Waals surface area contributed by atoms with Gasteiger partial charge in [0.1, 0.15) is 0 Å². The molecule has 0 N–H and O–H groups in total. The molecule has 1 aromatic rings. The van der Waals surface area contributed by atoms with Crippen LogP contribution in [-0.4, -0.2) is 42.7 Å². The van der Waals surface area contributed by atoms with Crippen LogP contribution in [0.2, 0.25) is 10.0 Å². The van der Waals surface area contributed by atoms with Crippen molar-refractivity contribution in [1.82, 2.24) is 5.01 Å². The summed E-state index contributed by atoms with van der Waals surface area (Å²) >= 11 is 12.3. The quantitative estimate of drug-likeness (QED) is 0.315. The Morgan fingerprint density at radius 1 is 1.18 bits per heavy atom. The predicted molar refractivity (Wildman–Crippen MR) is 101 cm³/mol. The molecule has 0 unspecified atom stereocenters. The summed E-state index contributed by atoms with van der Waals surface area (Å²) in [4.78, 5) is 36.4. The number of hydrogen-bond acceptors (Lipinski definition) is 6. The van der Waals surface area contributed by atoms with Gasteiger partial charge >= 0.3 is 5.97 Å². The van der Waals surface area contributed by atoms with Gasteiger partial charge in [-0.25, -0.2) is 4.79 Å². The molecular formula is C19H16Cl2N2O5. The van der Waals surface area contributed by atoms with Gasteiger partial charge in [0.15, 0.2) is 12.4 Å². The molecule has 1 saturated heterocycles. The molecule has 2 bridgehead atoms. The Balaban J connectivity index is 1.50. The molecule has 0 radical (unpaired) electrons. The third-order valence-corrected chi connectivity index (χ3v) is 5.91. The zero-order chi connectivity index (χ0) is 20.0. The first kappa shape index (κ1) is 19.0. The molecule has 3 aliphatic rings. The number of imide groups is 1. The zero-order valence-corrected chi connectivity index (χ0v) is 16.3. The number of amides is 2. The Kier molecular flexibility index (Phi) is 4.89. The monoisotopic (exact) mass is 422 g/mol. The highest BCUT2D eigenvalue weighted by Gasteiger charge is 2.59. The van der Waals surface area contributed by atoms with Crippen LogP contribution in [0.3, 0.4) is 0 Å². The second-order valence-corrected chi connectivity index (χ2v) is 7.73. The fourth-order valence-corrected chi connectivity index (χ4v) is 4.72. The molecule has 28 heavy (non-hydrogen) atoms. The lowest BCUT2D eigenvalue weighted by atomic mass is 9.85. The number of hydrogen-bond donors (Lipinski definition) is 0. The lowest BCUT2D eigenvalue weighted by Gasteiger charge is -2.13. The van der Waals surface area contributed by atoms with Gasteiger partial charge in [-0.3, -0.25) is 9.59 Å². The van der Waals surface area contributed by atoms with Crippen molar-refractivity contribution in [3.63, 3.8) is 0 Å². The van der Waals surface area contributed by atoms with Crippen molar-refractivity contribution in [2.24, 2.45) is 28.8 Å². The van der Waals surface area contributed by atoms with E-state index in [9.17, 15) is 14.4 Å². The first-order valence-corrected chi connectivity index (χ1v) is 9.45.